The van der Waals surface area contributed by atoms with E-state index in [2.05, 4.69) is 0 Å². The molecule has 1 aliphatic rings. The van der Waals surface area contributed by atoms with Gasteiger partial charge in [0.05, 0.1) is 18.4 Å². The molecule has 1 atom stereocenters. The topological polar surface area (TPSA) is 44.8 Å². The van der Waals surface area contributed by atoms with Gasteiger partial charge in [0.15, 0.2) is 0 Å². The van der Waals surface area contributed by atoms with Gasteiger partial charge in [-0.25, -0.2) is 0 Å². The zero-order valence-electron chi connectivity index (χ0n) is 14.7. The molecule has 1 unspecified atom stereocenters. The van der Waals surface area contributed by atoms with Crippen molar-refractivity contribution < 1.29 is 18.3 Å². The smallest absolute Gasteiger partial charge is 0.334 e. The molecule has 1 saturated heterocycles. The summed E-state index contributed by atoms with van der Waals surface area (Å²) in [6.07, 6.45) is 2.88. The van der Waals surface area contributed by atoms with Crippen LogP contribution in [0, 0.1) is 0 Å². The van der Waals surface area contributed by atoms with Crippen LogP contribution in [0.1, 0.15) is 52.5 Å². The molecule has 0 bridgehead atoms. The van der Waals surface area contributed by atoms with Crippen molar-refractivity contribution in [1.82, 2.24) is 0 Å². The molecule has 5 heteroatoms. The highest BCUT2D eigenvalue weighted by Crippen LogP contribution is 2.56. The molecule has 2 rings (SSSR count). The minimum absolute atomic E-state index is 0.156. The highest BCUT2D eigenvalue weighted by molar-refractivity contribution is 7.54. The molecule has 1 aliphatic heterocycles. The second-order valence-electron chi connectivity index (χ2n) is 6.74. The fraction of sp³-hybridized carbons (Fsp3) is 0.667. The third-order valence-corrected chi connectivity index (χ3v) is 6.23. The first-order valence-corrected chi connectivity index (χ1v) is 10.2. The Morgan fingerprint density at radius 1 is 1.09 bits per heavy atom. The van der Waals surface area contributed by atoms with Crippen molar-refractivity contribution in [3.8, 4) is 0 Å². The number of benzene rings is 1. The summed E-state index contributed by atoms with van der Waals surface area (Å²) >= 11 is 0. The third-order valence-electron chi connectivity index (χ3n) is 3.85. The summed E-state index contributed by atoms with van der Waals surface area (Å²) in [7, 11) is -3.26. The fourth-order valence-corrected chi connectivity index (χ4v) is 5.63. The largest absolute Gasteiger partial charge is 0.370 e. The van der Waals surface area contributed by atoms with Crippen LogP contribution in [0.15, 0.2) is 30.3 Å². The molecule has 1 aromatic rings. The average Bonchev–Trinajstić information content (AvgIpc) is 2.47. The molecule has 0 aliphatic carbocycles. The van der Waals surface area contributed by atoms with Crippen LogP contribution < -0.4 is 0 Å². The molecule has 1 fully saturated rings. The van der Waals surface area contributed by atoms with Gasteiger partial charge in [-0.1, -0.05) is 30.3 Å². The first kappa shape index (κ1) is 18.7. The summed E-state index contributed by atoms with van der Waals surface area (Å²) in [5, 5.41) is 0. The normalized spacial score (nSPS) is 22.7. The Labute approximate surface area is 140 Å². The lowest BCUT2D eigenvalue weighted by atomic mass is 9.88. The van der Waals surface area contributed by atoms with Crippen LogP contribution in [0.25, 0.3) is 0 Å². The summed E-state index contributed by atoms with van der Waals surface area (Å²) in [6.45, 7) is 8.21. The van der Waals surface area contributed by atoms with Crippen LogP contribution in [-0.4, -0.2) is 25.0 Å². The van der Waals surface area contributed by atoms with Gasteiger partial charge >= 0.3 is 7.60 Å². The molecule has 1 aromatic carbocycles. The number of hydrogen-bond acceptors (Lipinski definition) is 4. The molecule has 1 heterocycles. The summed E-state index contributed by atoms with van der Waals surface area (Å²) in [5.41, 5.74) is 0.471. The summed E-state index contributed by atoms with van der Waals surface area (Å²) in [5.74, 6) is 0. The van der Waals surface area contributed by atoms with Crippen molar-refractivity contribution in [3.63, 3.8) is 0 Å². The number of ether oxygens (including phenoxy) is 1. The second-order valence-corrected chi connectivity index (χ2v) is 8.70. The summed E-state index contributed by atoms with van der Waals surface area (Å²) < 4.78 is 31.0. The van der Waals surface area contributed by atoms with E-state index < -0.39 is 13.2 Å². The Bertz CT molecular complexity index is 507. The van der Waals surface area contributed by atoms with E-state index in [4.69, 9.17) is 13.8 Å². The van der Waals surface area contributed by atoms with Gasteiger partial charge in [0.2, 0.25) is 0 Å². The molecule has 130 valence electrons. The van der Waals surface area contributed by atoms with Gasteiger partial charge in [-0.15, -0.1) is 0 Å². The minimum Gasteiger partial charge on any atom is -0.370 e. The van der Waals surface area contributed by atoms with E-state index in [1.807, 2.05) is 58.0 Å². The number of hydrogen-bond donors (Lipinski definition) is 0. The van der Waals surface area contributed by atoms with Crippen LogP contribution >= 0.6 is 7.60 Å². The molecule has 0 radical (unpaired) electrons. The van der Waals surface area contributed by atoms with Crippen molar-refractivity contribution in [2.45, 2.75) is 64.8 Å². The highest BCUT2D eigenvalue weighted by atomic mass is 31.2. The van der Waals surface area contributed by atoms with E-state index in [-0.39, 0.29) is 18.4 Å². The minimum atomic E-state index is -3.26. The molecule has 4 nitrogen and oxygen atoms in total. The van der Waals surface area contributed by atoms with E-state index in [1.54, 1.807) is 0 Å². The first-order chi connectivity index (χ1) is 10.9. The third kappa shape index (κ3) is 5.15. The van der Waals surface area contributed by atoms with Crippen molar-refractivity contribution in [1.29, 1.82) is 0 Å². The van der Waals surface area contributed by atoms with Gasteiger partial charge in [0.1, 0.15) is 5.60 Å². The molecular weight excluding hydrogens is 311 g/mol. The lowest BCUT2D eigenvalue weighted by molar-refractivity contribution is -0.0718. The zero-order valence-corrected chi connectivity index (χ0v) is 15.6. The predicted molar refractivity (Wildman–Crippen MR) is 92.8 cm³/mol. The molecule has 0 spiro atoms. The monoisotopic (exact) mass is 340 g/mol. The van der Waals surface area contributed by atoms with E-state index >= 15 is 0 Å². The zero-order chi connectivity index (χ0) is 16.9. The van der Waals surface area contributed by atoms with Gasteiger partial charge in [-0.2, -0.15) is 0 Å². The van der Waals surface area contributed by atoms with Crippen LogP contribution in [0.3, 0.4) is 0 Å². The van der Waals surface area contributed by atoms with Crippen molar-refractivity contribution in [2.24, 2.45) is 0 Å². The molecule has 23 heavy (non-hydrogen) atoms. The quantitative estimate of drug-likeness (QED) is 0.646. The number of rotatable bonds is 7. The lowest BCUT2D eigenvalue weighted by Crippen LogP contribution is -2.38. The Morgan fingerprint density at radius 2 is 1.70 bits per heavy atom. The molecule has 0 saturated carbocycles. The van der Waals surface area contributed by atoms with Crippen molar-refractivity contribution in [3.05, 3.63) is 35.9 Å². The van der Waals surface area contributed by atoms with Crippen molar-refractivity contribution >= 4 is 7.60 Å². The highest BCUT2D eigenvalue weighted by Gasteiger charge is 2.44. The van der Waals surface area contributed by atoms with Gasteiger partial charge in [-0.3, -0.25) is 4.57 Å². The standard InChI is InChI=1S/C18H29O4P/c1-15(2)21-23(19,22-16(3)4)14-18(12-8-9-13-20-18)17-10-6-5-7-11-17/h5-7,10-11,15-16H,8-9,12-14H2,1-4H3. The Hall–Kier alpha value is -0.670. The maximum atomic E-state index is 13.4. The van der Waals surface area contributed by atoms with E-state index in [1.165, 1.54) is 0 Å². The Morgan fingerprint density at radius 3 is 2.17 bits per heavy atom. The van der Waals surface area contributed by atoms with E-state index in [0.29, 0.717) is 6.61 Å². The van der Waals surface area contributed by atoms with Crippen LogP contribution in [0.4, 0.5) is 0 Å². The maximum Gasteiger partial charge on any atom is 0.334 e. The Kier molecular flexibility index (Phi) is 6.44. The van der Waals surface area contributed by atoms with Gasteiger partial charge in [-0.05, 0) is 52.5 Å². The van der Waals surface area contributed by atoms with E-state index in [9.17, 15) is 4.57 Å². The van der Waals surface area contributed by atoms with Crippen LogP contribution in [0.5, 0.6) is 0 Å². The van der Waals surface area contributed by atoms with Gasteiger partial charge in [0, 0.05) is 6.61 Å². The first-order valence-electron chi connectivity index (χ1n) is 8.51. The Balaban J connectivity index is 2.33. The van der Waals surface area contributed by atoms with E-state index in [0.717, 1.165) is 24.8 Å². The van der Waals surface area contributed by atoms with Crippen molar-refractivity contribution in [2.75, 3.05) is 12.8 Å². The van der Waals surface area contributed by atoms with Gasteiger partial charge < -0.3 is 13.8 Å². The van der Waals surface area contributed by atoms with Crippen LogP contribution in [-0.2, 0) is 24.0 Å². The summed E-state index contributed by atoms with van der Waals surface area (Å²) in [4.78, 5) is 0. The predicted octanol–water partition coefficient (Wildman–Crippen LogP) is 5.13. The molecular formula is C18H29O4P. The maximum absolute atomic E-state index is 13.4. The lowest BCUT2D eigenvalue weighted by Gasteiger charge is -2.40. The molecule has 0 N–H and O–H groups in total. The summed E-state index contributed by atoms with van der Waals surface area (Å²) in [6, 6.07) is 10.1. The van der Waals surface area contributed by atoms with Gasteiger partial charge in [0.25, 0.3) is 0 Å². The fourth-order valence-electron chi connectivity index (χ4n) is 3.09. The molecule has 0 amide bonds. The SMILES string of the molecule is CC(C)OP(=O)(CC1(c2ccccc2)CCCCO1)OC(C)C. The van der Waals surface area contributed by atoms with Crippen LogP contribution in [0.2, 0.25) is 0 Å². The molecule has 0 aromatic heterocycles. The average molecular weight is 340 g/mol. The second kappa shape index (κ2) is 7.94.